The lowest BCUT2D eigenvalue weighted by Gasteiger charge is -2.11. The first kappa shape index (κ1) is 15.4. The van der Waals surface area contributed by atoms with Crippen LogP contribution >= 0.6 is 23.2 Å². The number of halogens is 2. The number of hydrogen-bond donors (Lipinski definition) is 1. The molecule has 1 N–H and O–H groups in total. The molecule has 2 rings (SSSR count). The van der Waals surface area contributed by atoms with Gasteiger partial charge in [0.05, 0.1) is 0 Å². The van der Waals surface area contributed by atoms with E-state index in [-0.39, 0.29) is 11.0 Å². The summed E-state index contributed by atoms with van der Waals surface area (Å²) in [7, 11) is 0. The number of rotatable bonds is 5. The lowest BCUT2D eigenvalue weighted by atomic mass is 10.3. The standard InChI is InChI=1S/C14H11Cl2NO4/c1-8(14(18)19)20-9-2-4-10(5-3-9)21-13-11(15)6-7-12(16)17-13/h2-8H,1H3,(H,18,19)/t8-/m1/s1. The lowest BCUT2D eigenvalue weighted by Crippen LogP contribution is -2.22. The fraction of sp³-hybridized carbons (Fsp3) is 0.143. The van der Waals surface area contributed by atoms with Gasteiger partial charge >= 0.3 is 5.97 Å². The minimum atomic E-state index is -1.04. The number of benzene rings is 1. The topological polar surface area (TPSA) is 68.7 Å². The monoisotopic (exact) mass is 327 g/mol. The van der Waals surface area contributed by atoms with E-state index >= 15 is 0 Å². The van der Waals surface area contributed by atoms with Crippen LogP contribution in [-0.4, -0.2) is 22.2 Å². The van der Waals surface area contributed by atoms with Crippen LogP contribution in [0.3, 0.4) is 0 Å². The van der Waals surface area contributed by atoms with Gasteiger partial charge in [0.25, 0.3) is 0 Å². The Morgan fingerprint density at radius 3 is 2.38 bits per heavy atom. The highest BCUT2D eigenvalue weighted by Crippen LogP contribution is 2.29. The van der Waals surface area contributed by atoms with E-state index in [0.717, 1.165) is 0 Å². The molecule has 1 heterocycles. The number of pyridine rings is 1. The molecule has 1 aromatic heterocycles. The molecule has 0 unspecified atom stereocenters. The number of carboxylic acids is 1. The van der Waals surface area contributed by atoms with E-state index in [9.17, 15) is 4.79 Å². The Labute approximate surface area is 131 Å². The summed E-state index contributed by atoms with van der Waals surface area (Å²) in [6, 6.07) is 9.55. The van der Waals surface area contributed by atoms with Gasteiger partial charge in [0.15, 0.2) is 6.10 Å². The van der Waals surface area contributed by atoms with Gasteiger partial charge in [-0.05, 0) is 43.3 Å². The lowest BCUT2D eigenvalue weighted by molar-refractivity contribution is -0.144. The molecule has 0 amide bonds. The number of nitrogens with zero attached hydrogens (tertiary/aromatic N) is 1. The maximum atomic E-state index is 10.7. The van der Waals surface area contributed by atoms with Crippen molar-refractivity contribution >= 4 is 29.2 Å². The highest BCUT2D eigenvalue weighted by atomic mass is 35.5. The van der Waals surface area contributed by atoms with Crippen molar-refractivity contribution in [2.24, 2.45) is 0 Å². The summed E-state index contributed by atoms with van der Waals surface area (Å²) < 4.78 is 10.7. The second-order valence-electron chi connectivity index (χ2n) is 4.09. The van der Waals surface area contributed by atoms with Gasteiger partial charge in [-0.1, -0.05) is 23.2 Å². The van der Waals surface area contributed by atoms with Gasteiger partial charge in [-0.3, -0.25) is 0 Å². The molecule has 1 aromatic carbocycles. The van der Waals surface area contributed by atoms with Gasteiger partial charge in [-0.25, -0.2) is 4.79 Å². The normalized spacial score (nSPS) is 11.8. The minimum Gasteiger partial charge on any atom is -0.479 e. The molecule has 1 atom stereocenters. The molecule has 21 heavy (non-hydrogen) atoms. The molecule has 110 valence electrons. The van der Waals surface area contributed by atoms with Gasteiger partial charge in [-0.2, -0.15) is 4.98 Å². The molecule has 0 saturated heterocycles. The van der Waals surface area contributed by atoms with Crippen molar-refractivity contribution in [1.82, 2.24) is 4.98 Å². The Kier molecular flexibility index (Phi) is 4.88. The summed E-state index contributed by atoms with van der Waals surface area (Å²) >= 11 is 11.7. The van der Waals surface area contributed by atoms with E-state index in [1.165, 1.54) is 6.92 Å². The third-order valence-electron chi connectivity index (χ3n) is 2.48. The van der Waals surface area contributed by atoms with E-state index in [1.807, 2.05) is 0 Å². The summed E-state index contributed by atoms with van der Waals surface area (Å²) in [5.74, 6) is 0.0476. The van der Waals surface area contributed by atoms with E-state index in [4.69, 9.17) is 37.8 Å². The second-order valence-corrected chi connectivity index (χ2v) is 4.89. The SMILES string of the molecule is C[C@@H](Oc1ccc(Oc2nc(Cl)ccc2Cl)cc1)C(=O)O. The highest BCUT2D eigenvalue weighted by Gasteiger charge is 2.12. The Hall–Kier alpha value is -1.98. The first-order chi connectivity index (χ1) is 9.95. The van der Waals surface area contributed by atoms with Crippen molar-refractivity contribution in [2.75, 3.05) is 0 Å². The van der Waals surface area contributed by atoms with Gasteiger partial charge < -0.3 is 14.6 Å². The van der Waals surface area contributed by atoms with Crippen LogP contribution in [0.1, 0.15) is 6.92 Å². The first-order valence-electron chi connectivity index (χ1n) is 5.95. The number of aromatic nitrogens is 1. The molecule has 0 aliphatic carbocycles. The van der Waals surface area contributed by atoms with Gasteiger partial charge in [0, 0.05) is 0 Å². The Morgan fingerprint density at radius 2 is 1.76 bits per heavy atom. The molecule has 2 aromatic rings. The Bertz CT molecular complexity index is 646. The van der Waals surface area contributed by atoms with Crippen LogP contribution < -0.4 is 9.47 Å². The quantitative estimate of drug-likeness (QED) is 0.839. The van der Waals surface area contributed by atoms with E-state index < -0.39 is 12.1 Å². The van der Waals surface area contributed by atoms with Crippen molar-refractivity contribution in [3.63, 3.8) is 0 Å². The Morgan fingerprint density at radius 1 is 1.14 bits per heavy atom. The largest absolute Gasteiger partial charge is 0.479 e. The molecule has 5 nitrogen and oxygen atoms in total. The van der Waals surface area contributed by atoms with Gasteiger partial charge in [-0.15, -0.1) is 0 Å². The van der Waals surface area contributed by atoms with E-state index in [2.05, 4.69) is 4.98 Å². The Balaban J connectivity index is 2.09. The molecule has 0 saturated carbocycles. The van der Waals surface area contributed by atoms with E-state index in [1.54, 1.807) is 36.4 Å². The maximum absolute atomic E-state index is 10.7. The van der Waals surface area contributed by atoms with Crippen molar-refractivity contribution < 1.29 is 19.4 Å². The van der Waals surface area contributed by atoms with Gasteiger partial charge in [0.1, 0.15) is 21.7 Å². The van der Waals surface area contributed by atoms with Crippen molar-refractivity contribution in [2.45, 2.75) is 13.0 Å². The average molecular weight is 328 g/mol. The van der Waals surface area contributed by atoms with Crippen LogP contribution in [0, 0.1) is 0 Å². The van der Waals surface area contributed by atoms with Crippen LogP contribution in [0.4, 0.5) is 0 Å². The number of carbonyl (C=O) groups is 1. The molecular formula is C14H11Cl2NO4. The third-order valence-corrected chi connectivity index (χ3v) is 2.98. The smallest absolute Gasteiger partial charge is 0.344 e. The van der Waals surface area contributed by atoms with E-state index in [0.29, 0.717) is 16.5 Å². The first-order valence-corrected chi connectivity index (χ1v) is 6.70. The van der Waals surface area contributed by atoms with Crippen LogP contribution in [0.5, 0.6) is 17.4 Å². The zero-order chi connectivity index (χ0) is 15.4. The molecule has 0 spiro atoms. The van der Waals surface area contributed by atoms with Crippen molar-refractivity contribution in [3.05, 3.63) is 46.6 Å². The fourth-order valence-electron chi connectivity index (χ4n) is 1.42. The van der Waals surface area contributed by atoms with Crippen LogP contribution in [0.2, 0.25) is 10.2 Å². The summed E-state index contributed by atoms with van der Waals surface area (Å²) in [5, 5.41) is 9.36. The van der Waals surface area contributed by atoms with Gasteiger partial charge in [0.2, 0.25) is 5.88 Å². The summed E-state index contributed by atoms with van der Waals surface area (Å²) in [5.41, 5.74) is 0. The average Bonchev–Trinajstić information content (AvgIpc) is 2.45. The molecule has 0 aliphatic heterocycles. The van der Waals surface area contributed by atoms with Crippen LogP contribution in [0.25, 0.3) is 0 Å². The predicted molar refractivity (Wildman–Crippen MR) is 78.5 cm³/mol. The zero-order valence-electron chi connectivity index (χ0n) is 10.9. The molecular weight excluding hydrogens is 317 g/mol. The number of aliphatic carboxylic acids is 1. The third kappa shape index (κ3) is 4.24. The second kappa shape index (κ2) is 6.65. The number of ether oxygens (including phenoxy) is 2. The highest BCUT2D eigenvalue weighted by molar-refractivity contribution is 6.33. The van der Waals surface area contributed by atoms with Crippen molar-refractivity contribution in [3.8, 4) is 17.4 Å². The molecule has 0 radical (unpaired) electrons. The number of hydrogen-bond acceptors (Lipinski definition) is 4. The summed E-state index contributed by atoms with van der Waals surface area (Å²) in [4.78, 5) is 14.7. The fourth-order valence-corrected chi connectivity index (χ4v) is 1.71. The maximum Gasteiger partial charge on any atom is 0.344 e. The summed E-state index contributed by atoms with van der Waals surface area (Å²) in [6.45, 7) is 1.45. The van der Waals surface area contributed by atoms with Crippen molar-refractivity contribution in [1.29, 1.82) is 0 Å². The molecule has 0 aliphatic rings. The summed E-state index contributed by atoms with van der Waals surface area (Å²) in [6.07, 6.45) is -0.930. The predicted octanol–water partition coefficient (Wildman–Crippen LogP) is 4.03. The molecule has 0 fully saturated rings. The zero-order valence-corrected chi connectivity index (χ0v) is 12.4. The molecule has 7 heteroatoms. The minimum absolute atomic E-state index is 0.191. The van der Waals surface area contributed by atoms with Crippen LogP contribution in [0.15, 0.2) is 36.4 Å². The molecule has 0 bridgehead atoms. The number of carboxylic acid groups (broad SMARTS) is 1. The van der Waals surface area contributed by atoms with Crippen LogP contribution in [-0.2, 0) is 4.79 Å².